The number of nitrogens with one attached hydrogen (secondary N) is 1. The van der Waals surface area contributed by atoms with Crippen molar-refractivity contribution in [3.05, 3.63) is 18.0 Å². The molecule has 0 spiro atoms. The number of hydrogen-bond acceptors (Lipinski definition) is 3. The van der Waals surface area contributed by atoms with Crippen molar-refractivity contribution in [2.45, 2.75) is 32.2 Å². The molecule has 0 saturated heterocycles. The van der Waals surface area contributed by atoms with Crippen LogP contribution in [0.2, 0.25) is 0 Å². The van der Waals surface area contributed by atoms with Crippen LogP contribution in [0.25, 0.3) is 0 Å². The normalized spacial score (nSPS) is 13.0. The molecule has 0 aromatic carbocycles. The Morgan fingerprint density at radius 1 is 1.47 bits per heavy atom. The van der Waals surface area contributed by atoms with Gasteiger partial charge in [0.15, 0.2) is 0 Å². The van der Waals surface area contributed by atoms with Gasteiger partial charge in [-0.3, -0.25) is 4.68 Å². The van der Waals surface area contributed by atoms with Crippen LogP contribution in [0.4, 0.5) is 0 Å². The summed E-state index contributed by atoms with van der Waals surface area (Å²) in [5.41, 5.74) is 1.22. The fourth-order valence-corrected chi connectivity index (χ4v) is 1.51. The van der Waals surface area contributed by atoms with Crippen molar-refractivity contribution in [3.63, 3.8) is 0 Å². The van der Waals surface area contributed by atoms with Crippen LogP contribution in [-0.2, 0) is 7.05 Å². The molecule has 1 aromatic rings. The largest absolute Gasteiger partial charge is 0.396 e. The van der Waals surface area contributed by atoms with Crippen LogP contribution < -0.4 is 5.32 Å². The summed E-state index contributed by atoms with van der Waals surface area (Å²) in [5, 5.41) is 16.2. The highest BCUT2D eigenvalue weighted by Crippen LogP contribution is 2.10. The summed E-state index contributed by atoms with van der Waals surface area (Å²) in [4.78, 5) is 0. The molecule has 0 fully saturated rings. The van der Waals surface area contributed by atoms with Crippen molar-refractivity contribution >= 4 is 0 Å². The van der Waals surface area contributed by atoms with E-state index in [1.165, 1.54) is 5.56 Å². The maximum atomic E-state index is 8.62. The Hall–Kier alpha value is -0.870. The molecule has 2 N–H and O–H groups in total. The average Bonchev–Trinajstić information content (AvgIpc) is 2.64. The quantitative estimate of drug-likeness (QED) is 0.667. The Labute approximate surface area is 91.3 Å². The second-order valence-corrected chi connectivity index (χ2v) is 3.91. The van der Waals surface area contributed by atoms with Gasteiger partial charge in [0, 0.05) is 31.5 Å². The van der Waals surface area contributed by atoms with Gasteiger partial charge >= 0.3 is 0 Å². The molecule has 4 heteroatoms. The van der Waals surface area contributed by atoms with E-state index in [9.17, 15) is 0 Å². The number of aliphatic hydroxyl groups excluding tert-OH is 1. The van der Waals surface area contributed by atoms with E-state index in [1.54, 1.807) is 0 Å². The molecule has 0 amide bonds. The van der Waals surface area contributed by atoms with Crippen LogP contribution in [0, 0.1) is 0 Å². The summed E-state index contributed by atoms with van der Waals surface area (Å²) in [6, 6.07) is 0.354. The molecular formula is C11H21N3O. The third kappa shape index (κ3) is 4.44. The van der Waals surface area contributed by atoms with Crippen molar-refractivity contribution < 1.29 is 5.11 Å². The number of aliphatic hydroxyl groups is 1. The number of aromatic nitrogens is 2. The molecule has 0 radical (unpaired) electrons. The summed E-state index contributed by atoms with van der Waals surface area (Å²) < 4.78 is 1.82. The minimum absolute atomic E-state index is 0.304. The monoisotopic (exact) mass is 211 g/mol. The van der Waals surface area contributed by atoms with Gasteiger partial charge in [-0.1, -0.05) is 0 Å². The first-order valence-electron chi connectivity index (χ1n) is 5.57. The first kappa shape index (κ1) is 12.2. The van der Waals surface area contributed by atoms with E-state index in [1.807, 2.05) is 24.1 Å². The standard InChI is InChI=1S/C11H21N3O/c1-10(11-8-13-14(2)9-11)12-6-4-3-5-7-15/h8-10,12,15H,3-7H2,1-2H3. The second kappa shape index (κ2) is 6.58. The Morgan fingerprint density at radius 3 is 2.87 bits per heavy atom. The highest BCUT2D eigenvalue weighted by Gasteiger charge is 2.05. The zero-order valence-corrected chi connectivity index (χ0v) is 9.61. The van der Waals surface area contributed by atoms with E-state index < -0.39 is 0 Å². The van der Waals surface area contributed by atoms with Crippen molar-refractivity contribution in [3.8, 4) is 0 Å². The van der Waals surface area contributed by atoms with Gasteiger partial charge in [-0.05, 0) is 32.7 Å². The van der Waals surface area contributed by atoms with E-state index in [4.69, 9.17) is 5.11 Å². The first-order chi connectivity index (χ1) is 7.24. The van der Waals surface area contributed by atoms with Gasteiger partial charge in [-0.2, -0.15) is 5.10 Å². The lowest BCUT2D eigenvalue weighted by Gasteiger charge is -2.11. The SMILES string of the molecule is CC(NCCCCCO)c1cnn(C)c1. The van der Waals surface area contributed by atoms with Gasteiger partial charge < -0.3 is 10.4 Å². The number of aryl methyl sites for hydroxylation is 1. The molecule has 0 aliphatic rings. The van der Waals surface area contributed by atoms with Crippen molar-refractivity contribution in [1.82, 2.24) is 15.1 Å². The number of hydrogen-bond donors (Lipinski definition) is 2. The molecule has 1 rings (SSSR count). The van der Waals surface area contributed by atoms with Gasteiger partial charge in [0.2, 0.25) is 0 Å². The molecule has 15 heavy (non-hydrogen) atoms. The summed E-state index contributed by atoms with van der Waals surface area (Å²) in [7, 11) is 1.93. The fourth-order valence-electron chi connectivity index (χ4n) is 1.51. The van der Waals surface area contributed by atoms with Crippen molar-refractivity contribution in [1.29, 1.82) is 0 Å². The topological polar surface area (TPSA) is 50.1 Å². The van der Waals surface area contributed by atoms with Crippen molar-refractivity contribution in [2.24, 2.45) is 7.05 Å². The fraction of sp³-hybridized carbons (Fsp3) is 0.727. The van der Waals surface area contributed by atoms with Crippen LogP contribution in [0.1, 0.15) is 37.8 Å². The van der Waals surface area contributed by atoms with Crippen molar-refractivity contribution in [2.75, 3.05) is 13.2 Å². The Morgan fingerprint density at radius 2 is 2.27 bits per heavy atom. The third-order valence-corrected chi connectivity index (χ3v) is 2.51. The van der Waals surface area contributed by atoms with Gasteiger partial charge in [0.05, 0.1) is 6.20 Å². The van der Waals surface area contributed by atoms with Gasteiger partial charge in [-0.15, -0.1) is 0 Å². The molecule has 0 saturated carbocycles. The van der Waals surface area contributed by atoms with Crippen LogP contribution >= 0.6 is 0 Å². The van der Waals surface area contributed by atoms with E-state index in [0.29, 0.717) is 12.6 Å². The molecule has 4 nitrogen and oxygen atoms in total. The van der Waals surface area contributed by atoms with E-state index >= 15 is 0 Å². The molecule has 1 heterocycles. The molecule has 1 unspecified atom stereocenters. The maximum absolute atomic E-state index is 8.62. The van der Waals surface area contributed by atoms with Crippen LogP contribution in [0.5, 0.6) is 0 Å². The lowest BCUT2D eigenvalue weighted by molar-refractivity contribution is 0.282. The van der Waals surface area contributed by atoms with Gasteiger partial charge in [0.1, 0.15) is 0 Å². The highest BCUT2D eigenvalue weighted by molar-refractivity contribution is 5.08. The zero-order chi connectivity index (χ0) is 11.1. The molecule has 1 atom stereocenters. The summed E-state index contributed by atoms with van der Waals surface area (Å²) in [5.74, 6) is 0. The molecule has 86 valence electrons. The number of nitrogens with zero attached hydrogens (tertiary/aromatic N) is 2. The molecule has 0 bridgehead atoms. The summed E-state index contributed by atoms with van der Waals surface area (Å²) >= 11 is 0. The molecule has 1 aromatic heterocycles. The molecule has 0 aliphatic heterocycles. The van der Waals surface area contributed by atoms with Crippen LogP contribution in [0.3, 0.4) is 0 Å². The van der Waals surface area contributed by atoms with E-state index in [2.05, 4.69) is 17.3 Å². The van der Waals surface area contributed by atoms with Crippen LogP contribution in [0.15, 0.2) is 12.4 Å². The minimum Gasteiger partial charge on any atom is -0.396 e. The predicted octanol–water partition coefficient (Wildman–Crippen LogP) is 1.23. The first-order valence-corrected chi connectivity index (χ1v) is 5.57. The zero-order valence-electron chi connectivity index (χ0n) is 9.61. The number of rotatable bonds is 7. The van der Waals surface area contributed by atoms with Crippen LogP contribution in [-0.4, -0.2) is 28.0 Å². The smallest absolute Gasteiger partial charge is 0.0537 e. The Balaban J connectivity index is 2.16. The Bertz CT molecular complexity index is 273. The molecule has 0 aliphatic carbocycles. The third-order valence-electron chi connectivity index (χ3n) is 2.51. The van der Waals surface area contributed by atoms with Gasteiger partial charge in [0.25, 0.3) is 0 Å². The second-order valence-electron chi connectivity index (χ2n) is 3.91. The Kier molecular flexibility index (Phi) is 5.36. The summed E-state index contributed by atoms with van der Waals surface area (Å²) in [6.07, 6.45) is 7.04. The number of unbranched alkanes of at least 4 members (excludes halogenated alkanes) is 2. The van der Waals surface area contributed by atoms with E-state index in [-0.39, 0.29) is 0 Å². The maximum Gasteiger partial charge on any atom is 0.0537 e. The minimum atomic E-state index is 0.304. The summed E-state index contributed by atoms with van der Waals surface area (Å²) in [6.45, 7) is 3.44. The highest BCUT2D eigenvalue weighted by atomic mass is 16.2. The van der Waals surface area contributed by atoms with E-state index in [0.717, 1.165) is 25.8 Å². The average molecular weight is 211 g/mol. The predicted molar refractivity (Wildman–Crippen MR) is 60.6 cm³/mol. The molecular weight excluding hydrogens is 190 g/mol. The lowest BCUT2D eigenvalue weighted by atomic mass is 10.2. The van der Waals surface area contributed by atoms with Gasteiger partial charge in [-0.25, -0.2) is 0 Å². The lowest BCUT2D eigenvalue weighted by Crippen LogP contribution is -2.19.